The van der Waals surface area contributed by atoms with E-state index in [-0.39, 0.29) is 24.7 Å². The first-order chi connectivity index (χ1) is 15.8. The van der Waals surface area contributed by atoms with Crippen molar-refractivity contribution in [3.63, 3.8) is 0 Å². The molecule has 1 saturated heterocycles. The molecule has 3 amide bonds. The molecule has 4 rings (SSSR count). The van der Waals surface area contributed by atoms with E-state index in [2.05, 4.69) is 5.10 Å². The van der Waals surface area contributed by atoms with Crippen LogP contribution in [-0.2, 0) is 31.1 Å². The number of halogens is 3. The van der Waals surface area contributed by atoms with E-state index in [1.54, 1.807) is 48.5 Å². The number of nitrogens with zero attached hydrogens (tertiary/aromatic N) is 5. The van der Waals surface area contributed by atoms with Crippen molar-refractivity contribution in [2.45, 2.75) is 58.1 Å². The molecule has 2 aliphatic heterocycles. The molecule has 1 aromatic carbocycles. The molecule has 2 aliphatic rings. The zero-order chi connectivity index (χ0) is 24.8. The molecule has 1 fully saturated rings. The largest absolute Gasteiger partial charge is 0.444 e. The van der Waals surface area contributed by atoms with Crippen molar-refractivity contribution in [1.29, 1.82) is 0 Å². The third-order valence-electron chi connectivity index (χ3n) is 5.86. The normalized spacial score (nSPS) is 19.0. The molecule has 3 heterocycles. The maximum absolute atomic E-state index is 13.6. The van der Waals surface area contributed by atoms with Gasteiger partial charge in [0.15, 0.2) is 5.82 Å². The quantitative estimate of drug-likeness (QED) is 0.655. The van der Waals surface area contributed by atoms with E-state index < -0.39 is 29.5 Å². The summed E-state index contributed by atoms with van der Waals surface area (Å²) >= 11 is 0. The van der Waals surface area contributed by atoms with Gasteiger partial charge in [0, 0.05) is 31.9 Å². The second-order valence-corrected chi connectivity index (χ2v) is 9.67. The van der Waals surface area contributed by atoms with Crippen molar-refractivity contribution in [2.75, 3.05) is 18.0 Å². The topological polar surface area (TPSA) is 70.9 Å². The van der Waals surface area contributed by atoms with Crippen LogP contribution < -0.4 is 4.90 Å². The molecule has 1 aromatic heterocycles. The van der Waals surface area contributed by atoms with Gasteiger partial charge in [-0.1, -0.05) is 18.2 Å². The van der Waals surface area contributed by atoms with Crippen LogP contribution in [0.5, 0.6) is 0 Å². The van der Waals surface area contributed by atoms with Gasteiger partial charge >= 0.3 is 18.3 Å². The number of ether oxygens (including phenoxy) is 1. The Labute approximate surface area is 195 Å². The highest BCUT2D eigenvalue weighted by atomic mass is 19.4. The molecular formula is C23H28F3N5O3. The zero-order valence-corrected chi connectivity index (χ0v) is 19.6. The molecule has 0 N–H and O–H groups in total. The monoisotopic (exact) mass is 479 g/mol. The van der Waals surface area contributed by atoms with Gasteiger partial charge < -0.3 is 14.5 Å². The Morgan fingerprint density at radius 2 is 1.91 bits per heavy atom. The molecule has 34 heavy (non-hydrogen) atoms. The van der Waals surface area contributed by atoms with Crippen LogP contribution in [0.3, 0.4) is 0 Å². The lowest BCUT2D eigenvalue weighted by Crippen LogP contribution is -2.52. The van der Waals surface area contributed by atoms with Crippen molar-refractivity contribution in [1.82, 2.24) is 19.6 Å². The standard InChI is InChI=1S/C23H28F3N5O3/c1-22(2,3)34-21(33)29-10-9-17(14-29)30-13-16-11-28(4)27-19(16)31(20(30)32)12-15-7-5-6-8-18(15)23(24,25)26/h5-8,11,17H,9-10,12-14H2,1-4H3. The van der Waals surface area contributed by atoms with Gasteiger partial charge in [-0.2, -0.15) is 18.3 Å². The molecule has 184 valence electrons. The first-order valence-electron chi connectivity index (χ1n) is 11.1. The number of fused-ring (bicyclic) bond motifs is 1. The second-order valence-electron chi connectivity index (χ2n) is 9.67. The van der Waals surface area contributed by atoms with Gasteiger partial charge in [-0.15, -0.1) is 0 Å². The molecule has 0 saturated carbocycles. The highest BCUT2D eigenvalue weighted by Crippen LogP contribution is 2.36. The van der Waals surface area contributed by atoms with E-state index in [4.69, 9.17) is 4.74 Å². The molecule has 8 nitrogen and oxygen atoms in total. The average molecular weight is 480 g/mol. The minimum absolute atomic E-state index is 0.0105. The van der Waals surface area contributed by atoms with E-state index in [9.17, 15) is 22.8 Å². The van der Waals surface area contributed by atoms with Crippen molar-refractivity contribution in [3.8, 4) is 0 Å². The molecule has 1 atom stereocenters. The number of anilines is 1. The fraction of sp³-hybridized carbons (Fsp3) is 0.522. The number of carbonyl (C=O) groups is 2. The number of alkyl halides is 3. The molecule has 0 spiro atoms. The Bertz CT molecular complexity index is 1090. The number of hydrogen-bond donors (Lipinski definition) is 0. The van der Waals surface area contributed by atoms with E-state index in [1.165, 1.54) is 23.1 Å². The fourth-order valence-electron chi connectivity index (χ4n) is 4.38. The number of rotatable bonds is 3. The van der Waals surface area contributed by atoms with Crippen molar-refractivity contribution in [2.24, 2.45) is 7.05 Å². The number of amides is 3. The maximum Gasteiger partial charge on any atom is 0.416 e. The molecule has 0 aliphatic carbocycles. The van der Waals surface area contributed by atoms with Crippen LogP contribution in [0.1, 0.15) is 43.9 Å². The third kappa shape index (κ3) is 4.83. The van der Waals surface area contributed by atoms with Crippen LogP contribution in [0.2, 0.25) is 0 Å². The minimum atomic E-state index is -4.54. The Balaban J connectivity index is 1.59. The Kier molecular flexibility index (Phi) is 5.99. The summed E-state index contributed by atoms with van der Waals surface area (Å²) in [5, 5.41) is 4.34. The zero-order valence-electron chi connectivity index (χ0n) is 19.6. The maximum atomic E-state index is 13.6. The van der Waals surface area contributed by atoms with Gasteiger partial charge in [0.1, 0.15) is 5.60 Å². The number of carbonyl (C=O) groups excluding carboxylic acids is 2. The summed E-state index contributed by atoms with van der Waals surface area (Å²) in [6, 6.07) is 4.51. The van der Waals surface area contributed by atoms with Gasteiger partial charge in [0.05, 0.1) is 24.7 Å². The highest BCUT2D eigenvalue weighted by Gasteiger charge is 2.42. The highest BCUT2D eigenvalue weighted by molar-refractivity contribution is 5.94. The number of benzene rings is 1. The number of hydrogen-bond acceptors (Lipinski definition) is 4. The SMILES string of the molecule is Cn1cc2c(n1)N(Cc1ccccc1C(F)(F)F)C(=O)N(C1CCN(C(=O)OC(C)(C)C)C1)C2. The van der Waals surface area contributed by atoms with Crippen molar-refractivity contribution >= 4 is 17.9 Å². The molecule has 2 aromatic rings. The lowest BCUT2D eigenvalue weighted by molar-refractivity contribution is -0.138. The van der Waals surface area contributed by atoms with E-state index >= 15 is 0 Å². The molecule has 0 bridgehead atoms. The third-order valence-corrected chi connectivity index (χ3v) is 5.86. The lowest BCUT2D eigenvalue weighted by atomic mass is 10.1. The smallest absolute Gasteiger partial charge is 0.416 e. The fourth-order valence-corrected chi connectivity index (χ4v) is 4.38. The van der Waals surface area contributed by atoms with Gasteiger partial charge in [0.25, 0.3) is 0 Å². The Morgan fingerprint density at radius 3 is 2.59 bits per heavy atom. The molecule has 0 radical (unpaired) electrons. The van der Waals surface area contributed by atoms with Gasteiger partial charge in [-0.05, 0) is 38.8 Å². The summed E-state index contributed by atoms with van der Waals surface area (Å²) in [5.41, 5.74) is -0.691. The molecular weight excluding hydrogens is 451 g/mol. The summed E-state index contributed by atoms with van der Waals surface area (Å²) in [6.07, 6.45) is -2.68. The predicted octanol–water partition coefficient (Wildman–Crippen LogP) is 4.39. The first-order valence-corrected chi connectivity index (χ1v) is 11.1. The van der Waals surface area contributed by atoms with Crippen LogP contribution >= 0.6 is 0 Å². The van der Waals surface area contributed by atoms with Crippen LogP contribution in [0.25, 0.3) is 0 Å². The summed E-state index contributed by atoms with van der Waals surface area (Å²) in [5.74, 6) is 0.350. The average Bonchev–Trinajstić information content (AvgIpc) is 3.34. The van der Waals surface area contributed by atoms with Crippen molar-refractivity contribution < 1.29 is 27.5 Å². The predicted molar refractivity (Wildman–Crippen MR) is 118 cm³/mol. The van der Waals surface area contributed by atoms with Crippen LogP contribution in [0, 0.1) is 0 Å². The number of aryl methyl sites for hydroxylation is 1. The van der Waals surface area contributed by atoms with Crippen LogP contribution in [0.4, 0.5) is 28.6 Å². The van der Waals surface area contributed by atoms with Gasteiger partial charge in [0.2, 0.25) is 0 Å². The van der Waals surface area contributed by atoms with Crippen molar-refractivity contribution in [3.05, 3.63) is 47.2 Å². The van der Waals surface area contributed by atoms with Crippen LogP contribution in [0.15, 0.2) is 30.5 Å². The Hall–Kier alpha value is -3.24. The number of likely N-dealkylation sites (tertiary alicyclic amines) is 1. The van der Waals surface area contributed by atoms with E-state index in [0.717, 1.165) is 11.6 Å². The minimum Gasteiger partial charge on any atom is -0.444 e. The summed E-state index contributed by atoms with van der Waals surface area (Å²) in [6.45, 7) is 6.08. The summed E-state index contributed by atoms with van der Waals surface area (Å²) < 4.78 is 47.7. The number of aromatic nitrogens is 2. The molecule has 1 unspecified atom stereocenters. The second kappa shape index (κ2) is 8.52. The van der Waals surface area contributed by atoms with Gasteiger partial charge in [-0.25, -0.2) is 9.59 Å². The van der Waals surface area contributed by atoms with Gasteiger partial charge in [-0.3, -0.25) is 9.58 Å². The van der Waals surface area contributed by atoms with Crippen LogP contribution in [-0.4, -0.2) is 56.4 Å². The molecule has 11 heteroatoms. The summed E-state index contributed by atoms with van der Waals surface area (Å²) in [7, 11) is 1.70. The summed E-state index contributed by atoms with van der Waals surface area (Å²) in [4.78, 5) is 30.5. The number of urea groups is 1. The van der Waals surface area contributed by atoms with E-state index in [0.29, 0.717) is 25.3 Å². The first kappa shape index (κ1) is 23.9. The Morgan fingerprint density at radius 1 is 1.21 bits per heavy atom. The van der Waals surface area contributed by atoms with E-state index in [1.807, 2.05) is 0 Å². The lowest BCUT2D eigenvalue weighted by Gasteiger charge is -2.38.